The number of hydrazone groups is 1. The fourth-order valence-electron chi connectivity index (χ4n) is 4.43. The molecule has 2 aromatic rings. The summed E-state index contributed by atoms with van der Waals surface area (Å²) in [4.78, 5) is 17.2. The summed E-state index contributed by atoms with van der Waals surface area (Å²) >= 11 is 0. The van der Waals surface area contributed by atoms with Gasteiger partial charge in [0.2, 0.25) is 0 Å². The number of halogens is 3. The van der Waals surface area contributed by atoms with Crippen LogP contribution >= 0.6 is 0 Å². The van der Waals surface area contributed by atoms with Crippen molar-refractivity contribution in [3.8, 4) is 11.8 Å². The van der Waals surface area contributed by atoms with Gasteiger partial charge >= 0.3 is 6.18 Å². The Morgan fingerprint density at radius 1 is 1.15 bits per heavy atom. The first-order chi connectivity index (χ1) is 19.5. The van der Waals surface area contributed by atoms with Gasteiger partial charge in [0.1, 0.15) is 5.70 Å². The SMILES string of the molecule is C=CC=C(C#Cc1cc(C(=O)Nc2ccc(CN3CCN(C)CC3)c(C(F)(F)F)c2)ccc1C)N1N=CC=CC1=C. The van der Waals surface area contributed by atoms with Crippen LogP contribution in [0.1, 0.15) is 32.6 Å². The van der Waals surface area contributed by atoms with Crippen molar-refractivity contribution < 1.29 is 18.0 Å². The summed E-state index contributed by atoms with van der Waals surface area (Å²) in [5.41, 5.74) is 2.38. The van der Waals surface area contributed by atoms with Crippen LogP contribution in [0.2, 0.25) is 0 Å². The average Bonchev–Trinajstić information content (AvgIpc) is 2.93. The molecular formula is C32H32F3N5O. The number of allylic oxidation sites excluding steroid dienone is 5. The van der Waals surface area contributed by atoms with E-state index in [0.29, 0.717) is 30.0 Å². The quantitative estimate of drug-likeness (QED) is 0.359. The number of rotatable bonds is 6. The zero-order valence-electron chi connectivity index (χ0n) is 23.1. The third-order valence-corrected chi connectivity index (χ3v) is 6.82. The molecule has 0 bridgehead atoms. The minimum Gasteiger partial charge on any atom is -0.322 e. The van der Waals surface area contributed by atoms with Gasteiger partial charge in [0, 0.05) is 55.8 Å². The number of piperazine rings is 1. The van der Waals surface area contributed by atoms with E-state index in [-0.39, 0.29) is 23.4 Å². The molecule has 2 heterocycles. The van der Waals surface area contributed by atoms with E-state index < -0.39 is 17.6 Å². The van der Waals surface area contributed by atoms with Crippen LogP contribution in [0, 0.1) is 18.8 Å². The highest BCUT2D eigenvalue weighted by Crippen LogP contribution is 2.34. The van der Waals surface area contributed by atoms with Crippen molar-refractivity contribution in [2.75, 3.05) is 38.5 Å². The minimum atomic E-state index is -4.55. The lowest BCUT2D eigenvalue weighted by atomic mass is 10.0. The predicted octanol–water partition coefficient (Wildman–Crippen LogP) is 5.81. The molecule has 2 aliphatic rings. The number of amides is 1. The summed E-state index contributed by atoms with van der Waals surface area (Å²) in [6.45, 7) is 12.8. The molecule has 0 radical (unpaired) electrons. The molecular weight excluding hydrogens is 527 g/mol. The molecule has 1 amide bonds. The normalized spacial score (nSPS) is 16.4. The van der Waals surface area contributed by atoms with Gasteiger partial charge in [-0.15, -0.1) is 0 Å². The summed E-state index contributed by atoms with van der Waals surface area (Å²) < 4.78 is 41.9. The molecule has 0 aromatic heterocycles. The fraction of sp³-hybridized carbons (Fsp3) is 0.250. The molecule has 1 N–H and O–H groups in total. The Balaban J connectivity index is 1.54. The van der Waals surface area contributed by atoms with E-state index >= 15 is 0 Å². The number of benzene rings is 2. The summed E-state index contributed by atoms with van der Waals surface area (Å²) in [6.07, 6.45) is 3.92. The van der Waals surface area contributed by atoms with E-state index in [4.69, 9.17) is 0 Å². The van der Waals surface area contributed by atoms with Gasteiger partial charge in [0.05, 0.1) is 11.3 Å². The van der Waals surface area contributed by atoms with Crippen molar-refractivity contribution >= 4 is 17.8 Å². The van der Waals surface area contributed by atoms with E-state index in [1.807, 2.05) is 18.9 Å². The summed E-state index contributed by atoms with van der Waals surface area (Å²) in [5.74, 6) is 5.59. The molecule has 0 spiro atoms. The maximum atomic E-state index is 14.0. The van der Waals surface area contributed by atoms with Crippen LogP contribution in [0.5, 0.6) is 0 Å². The Kier molecular flexibility index (Phi) is 9.28. The number of hydrogen-bond acceptors (Lipinski definition) is 5. The Hall–Kier alpha value is -4.39. The highest BCUT2D eigenvalue weighted by Gasteiger charge is 2.34. The van der Waals surface area contributed by atoms with Gasteiger partial charge < -0.3 is 10.2 Å². The number of carbonyl (C=O) groups is 1. The van der Waals surface area contributed by atoms with E-state index in [0.717, 1.165) is 24.7 Å². The van der Waals surface area contributed by atoms with Crippen molar-refractivity contribution in [2.45, 2.75) is 19.6 Å². The lowest BCUT2D eigenvalue weighted by Crippen LogP contribution is -2.44. The maximum Gasteiger partial charge on any atom is 0.416 e. The summed E-state index contributed by atoms with van der Waals surface area (Å²) in [5, 5.41) is 8.47. The van der Waals surface area contributed by atoms with Crippen molar-refractivity contribution in [1.29, 1.82) is 0 Å². The van der Waals surface area contributed by atoms with E-state index in [9.17, 15) is 18.0 Å². The second kappa shape index (κ2) is 12.9. The van der Waals surface area contributed by atoms with Crippen molar-refractivity contribution in [1.82, 2.24) is 14.8 Å². The number of anilines is 1. The lowest BCUT2D eigenvalue weighted by Gasteiger charge is -2.33. The van der Waals surface area contributed by atoms with Crippen molar-refractivity contribution in [3.05, 3.63) is 113 Å². The van der Waals surface area contributed by atoms with Gasteiger partial charge in [-0.05, 0) is 73.5 Å². The van der Waals surface area contributed by atoms with Gasteiger partial charge in [0.15, 0.2) is 0 Å². The molecule has 0 saturated carbocycles. The smallest absolute Gasteiger partial charge is 0.322 e. The van der Waals surface area contributed by atoms with Crippen LogP contribution in [0.25, 0.3) is 0 Å². The zero-order chi connectivity index (χ0) is 29.6. The topological polar surface area (TPSA) is 51.2 Å². The van der Waals surface area contributed by atoms with Gasteiger partial charge in [-0.3, -0.25) is 9.69 Å². The molecule has 6 nitrogen and oxygen atoms in total. The highest BCUT2D eigenvalue weighted by atomic mass is 19.4. The first-order valence-electron chi connectivity index (χ1n) is 13.1. The van der Waals surface area contributed by atoms with Crippen LogP contribution in [-0.2, 0) is 12.7 Å². The predicted molar refractivity (Wildman–Crippen MR) is 157 cm³/mol. The van der Waals surface area contributed by atoms with E-state index in [2.05, 4.69) is 40.3 Å². The van der Waals surface area contributed by atoms with Crippen LogP contribution in [0.15, 0.2) is 90.4 Å². The van der Waals surface area contributed by atoms with Gasteiger partial charge in [-0.25, -0.2) is 5.01 Å². The Morgan fingerprint density at radius 3 is 2.59 bits per heavy atom. The van der Waals surface area contributed by atoms with Crippen molar-refractivity contribution in [2.24, 2.45) is 5.10 Å². The molecule has 2 aliphatic heterocycles. The monoisotopic (exact) mass is 559 g/mol. The molecule has 0 unspecified atom stereocenters. The van der Waals surface area contributed by atoms with Crippen LogP contribution in [0.3, 0.4) is 0 Å². The maximum absolute atomic E-state index is 14.0. The van der Waals surface area contributed by atoms with Gasteiger partial charge in [-0.1, -0.05) is 37.3 Å². The molecule has 1 saturated heterocycles. The number of alkyl halides is 3. The fourth-order valence-corrected chi connectivity index (χ4v) is 4.43. The third kappa shape index (κ3) is 7.63. The highest BCUT2D eigenvalue weighted by molar-refractivity contribution is 6.04. The molecule has 0 aliphatic carbocycles. The van der Waals surface area contributed by atoms with Crippen LogP contribution < -0.4 is 5.32 Å². The van der Waals surface area contributed by atoms with Gasteiger partial charge in [0.25, 0.3) is 5.91 Å². The second-order valence-electron chi connectivity index (χ2n) is 9.90. The van der Waals surface area contributed by atoms with Crippen LogP contribution in [-0.4, -0.2) is 60.2 Å². The molecule has 4 rings (SSSR count). The molecule has 2 aromatic carbocycles. The van der Waals surface area contributed by atoms with Crippen molar-refractivity contribution in [3.63, 3.8) is 0 Å². The Morgan fingerprint density at radius 2 is 1.90 bits per heavy atom. The number of likely N-dealkylation sites (N-methyl/N-ethyl adjacent to an activating group) is 1. The molecule has 1 fully saturated rings. The Labute approximate surface area is 238 Å². The second-order valence-corrected chi connectivity index (χ2v) is 9.90. The van der Waals surface area contributed by atoms with Gasteiger partial charge in [-0.2, -0.15) is 18.3 Å². The minimum absolute atomic E-state index is 0.0726. The Bertz CT molecular complexity index is 1480. The summed E-state index contributed by atoms with van der Waals surface area (Å²) in [7, 11) is 2.00. The lowest BCUT2D eigenvalue weighted by molar-refractivity contribution is -0.138. The van der Waals surface area contributed by atoms with Crippen LogP contribution in [0.4, 0.5) is 18.9 Å². The number of aryl methyl sites for hydroxylation is 1. The third-order valence-electron chi connectivity index (χ3n) is 6.82. The first kappa shape index (κ1) is 29.6. The molecule has 9 heteroatoms. The number of carbonyl (C=O) groups excluding carboxylic acids is 1. The number of nitrogens with zero attached hydrogens (tertiary/aromatic N) is 4. The average molecular weight is 560 g/mol. The number of nitrogens with one attached hydrogen (secondary N) is 1. The first-order valence-corrected chi connectivity index (χ1v) is 13.1. The zero-order valence-corrected chi connectivity index (χ0v) is 23.1. The molecule has 41 heavy (non-hydrogen) atoms. The standard InChI is InChI=1S/C32H32F3N5O/c1-5-7-29(40-24(3)8-6-15-36-40)14-12-25-20-26(10-9-23(25)2)31(41)37-28-13-11-27(30(21-28)32(33,34)35)22-39-18-16-38(4)17-19-39/h5-11,13,15,20-21H,1,3,16-19,22H2,2,4H3,(H,37,41). The summed E-state index contributed by atoms with van der Waals surface area (Å²) in [6, 6.07) is 8.94. The molecule has 0 atom stereocenters. The largest absolute Gasteiger partial charge is 0.416 e. The molecule has 212 valence electrons. The van der Waals surface area contributed by atoms with E-state index in [1.165, 1.54) is 12.1 Å². The number of hydrogen-bond donors (Lipinski definition) is 1. The van der Waals surface area contributed by atoms with E-state index in [1.54, 1.807) is 53.7 Å².